The first kappa shape index (κ1) is 17.0. The van der Waals surface area contributed by atoms with Crippen LogP contribution in [0.25, 0.3) is 10.8 Å². The maximum atomic E-state index is 12.5. The first-order chi connectivity index (χ1) is 12.0. The van der Waals surface area contributed by atoms with Gasteiger partial charge in [-0.25, -0.2) is 0 Å². The molecule has 0 aliphatic heterocycles. The van der Waals surface area contributed by atoms with Gasteiger partial charge in [0.05, 0.1) is 17.4 Å². The molecule has 0 atom stereocenters. The number of ether oxygens (including phenoxy) is 1. The number of aldehydes is 1. The van der Waals surface area contributed by atoms with Crippen LogP contribution in [0.5, 0.6) is 11.5 Å². The van der Waals surface area contributed by atoms with E-state index in [-0.39, 0.29) is 23.0 Å². The van der Waals surface area contributed by atoms with E-state index in [1.807, 2.05) is 0 Å². The number of esters is 1. The second-order valence-corrected chi connectivity index (χ2v) is 6.29. The van der Waals surface area contributed by atoms with Crippen LogP contribution < -0.4 is 4.74 Å². The van der Waals surface area contributed by atoms with Crippen LogP contribution in [-0.4, -0.2) is 28.4 Å². The van der Waals surface area contributed by atoms with Gasteiger partial charge in [-0.05, 0) is 31.7 Å². The summed E-state index contributed by atoms with van der Waals surface area (Å²) < 4.78 is 5.51. The monoisotopic (exact) mass is 342 g/mol. The fourth-order valence-electron chi connectivity index (χ4n) is 3.31. The zero-order valence-corrected chi connectivity index (χ0v) is 13.5. The third-order valence-corrected chi connectivity index (χ3v) is 4.74. The van der Waals surface area contributed by atoms with Gasteiger partial charge in [-0.2, -0.15) is 0 Å². The highest BCUT2D eigenvalue weighted by Gasteiger charge is 2.31. The fraction of sp³-hybridized carbons (Fsp3) is 0.316. The summed E-state index contributed by atoms with van der Waals surface area (Å²) in [5.74, 6) is -2.03. The van der Waals surface area contributed by atoms with Gasteiger partial charge in [-0.15, -0.1) is 0 Å². The van der Waals surface area contributed by atoms with E-state index < -0.39 is 17.9 Å². The van der Waals surface area contributed by atoms with Crippen molar-refractivity contribution < 1.29 is 29.3 Å². The van der Waals surface area contributed by atoms with Crippen molar-refractivity contribution in [3.63, 3.8) is 0 Å². The molecule has 2 aromatic carbocycles. The van der Waals surface area contributed by atoms with Crippen LogP contribution in [0.3, 0.4) is 0 Å². The Morgan fingerprint density at radius 3 is 2.24 bits per heavy atom. The summed E-state index contributed by atoms with van der Waals surface area (Å²) in [6, 6.07) is 8.09. The average molecular weight is 342 g/mol. The predicted molar refractivity (Wildman–Crippen MR) is 89.7 cm³/mol. The van der Waals surface area contributed by atoms with E-state index in [0.717, 1.165) is 0 Å². The van der Waals surface area contributed by atoms with Crippen LogP contribution in [0.4, 0.5) is 0 Å². The number of hydrogen-bond acceptors (Lipinski definition) is 5. The highest BCUT2D eigenvalue weighted by molar-refractivity contribution is 6.01. The number of carbonyl (C=O) groups excluding carboxylic acids is 2. The lowest BCUT2D eigenvalue weighted by Crippen LogP contribution is -2.28. The lowest BCUT2D eigenvalue weighted by molar-refractivity contribution is -0.146. The van der Waals surface area contributed by atoms with Crippen LogP contribution in [0.2, 0.25) is 0 Å². The smallest absolute Gasteiger partial charge is 0.314 e. The quantitative estimate of drug-likeness (QED) is 0.503. The van der Waals surface area contributed by atoms with Crippen molar-refractivity contribution in [3.05, 3.63) is 35.9 Å². The minimum Gasteiger partial charge on any atom is -0.507 e. The summed E-state index contributed by atoms with van der Waals surface area (Å²) in [5, 5.41) is 20.0. The van der Waals surface area contributed by atoms with Crippen molar-refractivity contribution >= 4 is 29.0 Å². The molecule has 2 N–H and O–H groups in total. The predicted octanol–water partition coefficient (Wildman–Crippen LogP) is 3.15. The molecule has 0 spiro atoms. The molecule has 6 nitrogen and oxygen atoms in total. The molecule has 2 aromatic rings. The van der Waals surface area contributed by atoms with E-state index in [1.165, 1.54) is 6.07 Å². The fourth-order valence-corrected chi connectivity index (χ4v) is 3.31. The molecule has 25 heavy (non-hydrogen) atoms. The van der Waals surface area contributed by atoms with Crippen LogP contribution in [0.1, 0.15) is 36.0 Å². The van der Waals surface area contributed by atoms with Gasteiger partial charge in [-0.3, -0.25) is 14.4 Å². The van der Waals surface area contributed by atoms with Gasteiger partial charge < -0.3 is 14.9 Å². The SMILES string of the molecule is O=Cc1cc(O)c2ccccc2c1OC(=O)C1CCC(C(=O)O)CC1. The molecule has 0 unspecified atom stereocenters. The number of carbonyl (C=O) groups is 3. The number of carboxylic acids is 1. The Hall–Kier alpha value is -2.89. The van der Waals surface area contributed by atoms with E-state index >= 15 is 0 Å². The molecule has 0 amide bonds. The Balaban J connectivity index is 1.85. The van der Waals surface area contributed by atoms with Crippen LogP contribution in [0.15, 0.2) is 30.3 Å². The normalized spacial score (nSPS) is 20.2. The number of fused-ring (bicyclic) bond motifs is 1. The molecule has 1 aliphatic carbocycles. The largest absolute Gasteiger partial charge is 0.507 e. The number of benzene rings is 2. The molecule has 1 fully saturated rings. The number of aromatic hydroxyl groups is 1. The molecule has 0 aromatic heterocycles. The molecule has 0 radical (unpaired) electrons. The Labute approximate surface area is 144 Å². The van der Waals surface area contributed by atoms with Gasteiger partial charge >= 0.3 is 11.9 Å². The minimum atomic E-state index is -0.834. The zero-order chi connectivity index (χ0) is 18.0. The Morgan fingerprint density at radius 2 is 1.64 bits per heavy atom. The maximum Gasteiger partial charge on any atom is 0.314 e. The van der Waals surface area contributed by atoms with Crippen LogP contribution >= 0.6 is 0 Å². The topological polar surface area (TPSA) is 101 Å². The van der Waals surface area contributed by atoms with Gasteiger partial charge in [0, 0.05) is 10.8 Å². The Morgan fingerprint density at radius 1 is 1.04 bits per heavy atom. The van der Waals surface area contributed by atoms with E-state index in [2.05, 4.69) is 0 Å². The number of aliphatic carboxylic acids is 1. The summed E-state index contributed by atoms with van der Waals surface area (Å²) in [4.78, 5) is 34.8. The van der Waals surface area contributed by atoms with Gasteiger partial charge in [0.25, 0.3) is 0 Å². The van der Waals surface area contributed by atoms with Crippen LogP contribution in [0, 0.1) is 11.8 Å². The first-order valence-electron chi connectivity index (χ1n) is 8.15. The summed E-state index contributed by atoms with van der Waals surface area (Å²) in [5.41, 5.74) is 0.101. The number of phenolic OH excluding ortho intramolecular Hbond substituents is 1. The highest BCUT2D eigenvalue weighted by atomic mass is 16.5. The molecule has 0 bridgehead atoms. The van der Waals surface area contributed by atoms with Crippen LogP contribution in [-0.2, 0) is 9.59 Å². The van der Waals surface area contributed by atoms with Crippen molar-refractivity contribution in [1.29, 1.82) is 0 Å². The Kier molecular flexibility index (Phi) is 4.70. The summed E-state index contributed by atoms with van der Waals surface area (Å²) in [6.07, 6.45) is 2.30. The van der Waals surface area contributed by atoms with Gasteiger partial charge in [-0.1, -0.05) is 24.3 Å². The second kappa shape index (κ2) is 6.93. The van der Waals surface area contributed by atoms with Crippen molar-refractivity contribution in [2.45, 2.75) is 25.7 Å². The number of phenols is 1. The number of carboxylic acid groups (broad SMARTS) is 1. The third-order valence-electron chi connectivity index (χ3n) is 4.74. The average Bonchev–Trinajstić information content (AvgIpc) is 2.63. The highest BCUT2D eigenvalue weighted by Crippen LogP contribution is 2.37. The lowest BCUT2D eigenvalue weighted by Gasteiger charge is -2.25. The van der Waals surface area contributed by atoms with Crippen molar-refractivity contribution in [1.82, 2.24) is 0 Å². The van der Waals surface area contributed by atoms with Crippen molar-refractivity contribution in [3.8, 4) is 11.5 Å². The summed E-state index contributed by atoms with van der Waals surface area (Å²) in [7, 11) is 0. The third kappa shape index (κ3) is 3.33. The molecule has 6 heteroatoms. The summed E-state index contributed by atoms with van der Waals surface area (Å²) in [6.45, 7) is 0. The van der Waals surface area contributed by atoms with E-state index in [1.54, 1.807) is 24.3 Å². The molecule has 130 valence electrons. The maximum absolute atomic E-state index is 12.5. The van der Waals surface area contributed by atoms with Gasteiger partial charge in [0.15, 0.2) is 6.29 Å². The van der Waals surface area contributed by atoms with Crippen molar-refractivity contribution in [2.24, 2.45) is 11.8 Å². The van der Waals surface area contributed by atoms with Gasteiger partial charge in [0.1, 0.15) is 11.5 Å². The molecule has 3 rings (SSSR count). The minimum absolute atomic E-state index is 0.0561. The molecule has 0 heterocycles. The number of rotatable bonds is 4. The molecule has 0 saturated heterocycles. The van der Waals surface area contributed by atoms with Gasteiger partial charge in [0.2, 0.25) is 0 Å². The van der Waals surface area contributed by atoms with E-state index in [0.29, 0.717) is 42.7 Å². The molecule has 1 saturated carbocycles. The van der Waals surface area contributed by atoms with E-state index in [9.17, 15) is 19.5 Å². The Bertz CT molecular complexity index is 833. The molecule has 1 aliphatic rings. The zero-order valence-electron chi connectivity index (χ0n) is 13.5. The van der Waals surface area contributed by atoms with E-state index in [4.69, 9.17) is 9.84 Å². The lowest BCUT2D eigenvalue weighted by atomic mass is 9.82. The second-order valence-electron chi connectivity index (χ2n) is 6.29. The summed E-state index contributed by atoms with van der Waals surface area (Å²) >= 11 is 0. The number of hydrogen-bond donors (Lipinski definition) is 2. The van der Waals surface area contributed by atoms with Crippen molar-refractivity contribution in [2.75, 3.05) is 0 Å². The standard InChI is InChI=1S/C19H18O6/c20-10-13-9-16(21)14-3-1-2-4-15(14)17(13)25-19(24)12-7-5-11(6-8-12)18(22)23/h1-4,9-12,21H,5-8H2,(H,22,23). The molecular weight excluding hydrogens is 324 g/mol. The first-order valence-corrected chi connectivity index (χ1v) is 8.15. The molecular formula is C19H18O6.